The molecule has 1 aromatic rings. The smallest absolute Gasteiger partial charge is 0.382 e. The molecule has 106 valence electrons. The van der Waals surface area contributed by atoms with E-state index in [-0.39, 0.29) is 12.5 Å². The number of hydrogen-bond donors (Lipinski definition) is 3. The van der Waals surface area contributed by atoms with Gasteiger partial charge in [0.25, 0.3) is 0 Å². The van der Waals surface area contributed by atoms with Crippen molar-refractivity contribution in [3.63, 3.8) is 0 Å². The lowest BCUT2D eigenvalue weighted by molar-refractivity contribution is -0.201. The van der Waals surface area contributed by atoms with Crippen molar-refractivity contribution < 1.29 is 23.1 Å². The molecule has 0 heterocycles. The van der Waals surface area contributed by atoms with E-state index in [4.69, 9.17) is 5.11 Å². The van der Waals surface area contributed by atoms with Crippen molar-refractivity contribution >= 4 is 11.6 Å². The second-order valence-electron chi connectivity index (χ2n) is 4.03. The van der Waals surface area contributed by atoms with E-state index in [1.54, 1.807) is 24.3 Å². The van der Waals surface area contributed by atoms with E-state index in [0.29, 0.717) is 11.3 Å². The van der Waals surface area contributed by atoms with E-state index in [0.717, 1.165) is 0 Å². The molecular weight excluding hydrogens is 261 g/mol. The summed E-state index contributed by atoms with van der Waals surface area (Å²) < 4.78 is 36.2. The molecule has 0 aliphatic carbocycles. The molecule has 0 aromatic heterocycles. The molecule has 0 aliphatic rings. The Morgan fingerprint density at radius 3 is 2.58 bits per heavy atom. The largest absolute Gasteiger partial charge is 0.415 e. The number of halogens is 3. The molecule has 3 N–H and O–H groups in total. The Labute approximate surface area is 108 Å². The maximum absolute atomic E-state index is 12.1. The van der Waals surface area contributed by atoms with E-state index in [1.165, 1.54) is 6.92 Å². The van der Waals surface area contributed by atoms with Crippen LogP contribution in [0.3, 0.4) is 0 Å². The van der Waals surface area contributed by atoms with E-state index >= 15 is 0 Å². The molecule has 1 amide bonds. The van der Waals surface area contributed by atoms with Crippen LogP contribution >= 0.6 is 0 Å². The number of aliphatic hydroxyl groups is 1. The van der Waals surface area contributed by atoms with Crippen LogP contribution < -0.4 is 10.6 Å². The van der Waals surface area contributed by atoms with Gasteiger partial charge in [-0.05, 0) is 11.6 Å². The van der Waals surface area contributed by atoms with Gasteiger partial charge >= 0.3 is 6.18 Å². The van der Waals surface area contributed by atoms with E-state index in [2.05, 4.69) is 10.6 Å². The van der Waals surface area contributed by atoms with Gasteiger partial charge in [0.05, 0.1) is 0 Å². The Morgan fingerprint density at radius 2 is 2.00 bits per heavy atom. The third-order valence-electron chi connectivity index (χ3n) is 2.36. The second-order valence-corrected chi connectivity index (χ2v) is 4.03. The molecular formula is C12H15F3N2O2. The number of para-hydroxylation sites is 1. The molecule has 0 spiro atoms. The first kappa shape index (κ1) is 15.5. The highest BCUT2D eigenvalue weighted by molar-refractivity contribution is 5.89. The number of amides is 1. The average Bonchev–Trinajstić information content (AvgIpc) is 2.29. The van der Waals surface area contributed by atoms with Crippen molar-refractivity contribution in [2.75, 3.05) is 11.9 Å². The fraction of sp³-hybridized carbons (Fsp3) is 0.417. The summed E-state index contributed by atoms with van der Waals surface area (Å²) in [5.41, 5.74) is 1.18. The average molecular weight is 276 g/mol. The highest BCUT2D eigenvalue weighted by atomic mass is 19.4. The third kappa shape index (κ3) is 5.27. The fourth-order valence-corrected chi connectivity index (χ4v) is 1.45. The van der Waals surface area contributed by atoms with Crippen molar-refractivity contribution in [3.05, 3.63) is 29.8 Å². The summed E-state index contributed by atoms with van der Waals surface area (Å²) in [7, 11) is 0. The van der Waals surface area contributed by atoms with Gasteiger partial charge in [-0.2, -0.15) is 13.2 Å². The molecule has 1 atom stereocenters. The topological polar surface area (TPSA) is 61.4 Å². The molecule has 0 aliphatic heterocycles. The van der Waals surface area contributed by atoms with Crippen molar-refractivity contribution in [2.45, 2.75) is 25.7 Å². The van der Waals surface area contributed by atoms with E-state index < -0.39 is 18.8 Å². The minimum Gasteiger partial charge on any atom is -0.382 e. The van der Waals surface area contributed by atoms with Crippen molar-refractivity contribution in [2.24, 2.45) is 0 Å². The molecule has 1 aromatic carbocycles. The van der Waals surface area contributed by atoms with Gasteiger partial charge in [0.1, 0.15) is 0 Å². The molecule has 0 saturated carbocycles. The Morgan fingerprint density at radius 1 is 1.37 bits per heavy atom. The Bertz CT molecular complexity index is 435. The summed E-state index contributed by atoms with van der Waals surface area (Å²) in [4.78, 5) is 11.0. The van der Waals surface area contributed by atoms with Gasteiger partial charge in [0.2, 0.25) is 5.91 Å². The molecule has 1 rings (SSSR count). The van der Waals surface area contributed by atoms with E-state index in [1.807, 2.05) is 0 Å². The number of hydrogen-bond acceptors (Lipinski definition) is 3. The monoisotopic (exact) mass is 276 g/mol. The fourth-order valence-electron chi connectivity index (χ4n) is 1.45. The molecule has 1 unspecified atom stereocenters. The predicted octanol–water partition coefficient (Wildman–Crippen LogP) is 1.66. The highest BCUT2D eigenvalue weighted by Gasteiger charge is 2.37. The number of alkyl halides is 3. The normalized spacial score (nSPS) is 13.1. The maximum atomic E-state index is 12.1. The Balaban J connectivity index is 2.56. The molecule has 4 nitrogen and oxygen atoms in total. The summed E-state index contributed by atoms with van der Waals surface area (Å²) in [5.74, 6) is -0.261. The minimum absolute atomic E-state index is 0.115. The standard InChI is InChI=1S/C12H15F3N2O2/c1-8(18)17-10-5-3-2-4-9(10)6-16-7-11(19)12(13,14)15/h2-5,11,16,19H,6-7H2,1H3,(H,17,18). The maximum Gasteiger partial charge on any atom is 0.415 e. The van der Waals surface area contributed by atoms with Crippen LogP contribution in [0, 0.1) is 0 Å². The lowest BCUT2D eigenvalue weighted by Crippen LogP contribution is -2.38. The number of rotatable bonds is 5. The number of carbonyl (C=O) groups excluding carboxylic acids is 1. The van der Waals surface area contributed by atoms with Crippen LogP contribution in [0.4, 0.5) is 18.9 Å². The lowest BCUT2D eigenvalue weighted by atomic mass is 10.1. The summed E-state index contributed by atoms with van der Waals surface area (Å²) >= 11 is 0. The van der Waals surface area contributed by atoms with Gasteiger partial charge in [-0.3, -0.25) is 4.79 Å². The Kier molecular flexibility index (Phi) is 5.31. The molecule has 0 bridgehead atoms. The summed E-state index contributed by atoms with van der Waals surface area (Å²) in [6, 6.07) is 6.75. The molecule has 0 saturated heterocycles. The zero-order chi connectivity index (χ0) is 14.5. The predicted molar refractivity (Wildman–Crippen MR) is 64.5 cm³/mol. The summed E-state index contributed by atoms with van der Waals surface area (Å²) in [6.45, 7) is 0.860. The van der Waals surface area contributed by atoms with Gasteiger partial charge in [-0.15, -0.1) is 0 Å². The van der Waals surface area contributed by atoms with Gasteiger partial charge in [-0.25, -0.2) is 0 Å². The zero-order valence-corrected chi connectivity index (χ0v) is 10.3. The van der Waals surface area contributed by atoms with Crippen LogP contribution in [-0.4, -0.2) is 29.8 Å². The van der Waals surface area contributed by atoms with Gasteiger partial charge in [-0.1, -0.05) is 18.2 Å². The van der Waals surface area contributed by atoms with Gasteiger partial charge in [0, 0.05) is 25.7 Å². The molecule has 7 heteroatoms. The summed E-state index contributed by atoms with van der Waals surface area (Å²) in [6.07, 6.45) is -7.04. The summed E-state index contributed by atoms with van der Waals surface area (Å²) in [5, 5.41) is 13.9. The first-order valence-corrected chi connectivity index (χ1v) is 5.61. The van der Waals surface area contributed by atoms with Crippen LogP contribution in [-0.2, 0) is 11.3 Å². The first-order chi connectivity index (χ1) is 8.80. The minimum atomic E-state index is -4.63. The highest BCUT2D eigenvalue weighted by Crippen LogP contribution is 2.19. The lowest BCUT2D eigenvalue weighted by Gasteiger charge is -2.16. The number of nitrogens with one attached hydrogen (secondary N) is 2. The van der Waals surface area contributed by atoms with Crippen molar-refractivity contribution in [1.82, 2.24) is 5.32 Å². The number of anilines is 1. The van der Waals surface area contributed by atoms with E-state index in [9.17, 15) is 18.0 Å². The second kappa shape index (κ2) is 6.53. The SMILES string of the molecule is CC(=O)Nc1ccccc1CNCC(O)C(F)(F)F. The van der Waals surface area contributed by atoms with Crippen molar-refractivity contribution in [1.29, 1.82) is 0 Å². The van der Waals surface area contributed by atoms with Crippen molar-refractivity contribution in [3.8, 4) is 0 Å². The van der Waals surface area contributed by atoms with Gasteiger partial charge < -0.3 is 15.7 Å². The Hall–Kier alpha value is -1.60. The third-order valence-corrected chi connectivity index (χ3v) is 2.36. The first-order valence-electron chi connectivity index (χ1n) is 5.61. The number of benzene rings is 1. The van der Waals surface area contributed by atoms with Crippen LogP contribution in [0.1, 0.15) is 12.5 Å². The zero-order valence-electron chi connectivity index (χ0n) is 10.3. The molecule has 19 heavy (non-hydrogen) atoms. The van der Waals surface area contributed by atoms with Crippen LogP contribution in [0.5, 0.6) is 0 Å². The van der Waals surface area contributed by atoms with Crippen LogP contribution in [0.15, 0.2) is 24.3 Å². The van der Waals surface area contributed by atoms with Gasteiger partial charge in [0.15, 0.2) is 6.10 Å². The van der Waals surface area contributed by atoms with Crippen LogP contribution in [0.2, 0.25) is 0 Å². The number of aliphatic hydroxyl groups excluding tert-OH is 1. The molecule has 0 fully saturated rings. The quantitative estimate of drug-likeness (QED) is 0.766. The molecule has 0 radical (unpaired) electrons. The van der Waals surface area contributed by atoms with Crippen LogP contribution in [0.25, 0.3) is 0 Å². The number of carbonyl (C=O) groups is 1.